The van der Waals surface area contributed by atoms with Gasteiger partial charge in [0.2, 0.25) is 0 Å². The Hall–Kier alpha value is -2.41. The molecular weight excluding hydrogens is 260 g/mol. The van der Waals surface area contributed by atoms with Crippen LogP contribution in [-0.4, -0.2) is 51.6 Å². The van der Waals surface area contributed by atoms with Gasteiger partial charge in [0.15, 0.2) is 5.69 Å². The second-order valence-electron chi connectivity index (χ2n) is 4.12. The fourth-order valence-electron chi connectivity index (χ4n) is 1.88. The molecule has 0 bridgehead atoms. The molecule has 0 aliphatic carbocycles. The van der Waals surface area contributed by atoms with Gasteiger partial charge in [0, 0.05) is 18.7 Å². The molecule has 0 aliphatic heterocycles. The normalized spacial score (nSPS) is 10.3. The second kappa shape index (κ2) is 6.67. The molecule has 7 heteroatoms. The van der Waals surface area contributed by atoms with Crippen LogP contribution < -0.4 is 4.74 Å². The SMILES string of the molecule is COc1ccccc1CN(CCO)C(=O)c1cn[nH]n1. The van der Waals surface area contributed by atoms with Gasteiger partial charge in [-0.25, -0.2) is 0 Å². The van der Waals surface area contributed by atoms with E-state index in [9.17, 15) is 4.79 Å². The van der Waals surface area contributed by atoms with Gasteiger partial charge in [-0.2, -0.15) is 15.4 Å². The number of aliphatic hydroxyl groups is 1. The van der Waals surface area contributed by atoms with Gasteiger partial charge in [0.05, 0.1) is 19.9 Å². The largest absolute Gasteiger partial charge is 0.496 e. The second-order valence-corrected chi connectivity index (χ2v) is 4.12. The van der Waals surface area contributed by atoms with E-state index in [0.717, 1.165) is 5.56 Å². The first-order valence-corrected chi connectivity index (χ1v) is 6.14. The number of methoxy groups -OCH3 is 1. The summed E-state index contributed by atoms with van der Waals surface area (Å²) >= 11 is 0. The molecule has 1 amide bonds. The molecule has 0 atom stereocenters. The van der Waals surface area contributed by atoms with Crippen LogP contribution in [0.1, 0.15) is 16.1 Å². The first-order valence-electron chi connectivity index (χ1n) is 6.14. The van der Waals surface area contributed by atoms with Crippen molar-refractivity contribution in [3.63, 3.8) is 0 Å². The van der Waals surface area contributed by atoms with E-state index in [0.29, 0.717) is 12.3 Å². The van der Waals surface area contributed by atoms with Crippen molar-refractivity contribution in [2.24, 2.45) is 0 Å². The third-order valence-corrected chi connectivity index (χ3v) is 2.84. The summed E-state index contributed by atoms with van der Waals surface area (Å²) in [6.07, 6.45) is 1.36. The van der Waals surface area contributed by atoms with Gasteiger partial charge in [0.25, 0.3) is 5.91 Å². The van der Waals surface area contributed by atoms with Crippen molar-refractivity contribution in [2.75, 3.05) is 20.3 Å². The average Bonchev–Trinajstić information content (AvgIpc) is 3.01. The number of carbonyl (C=O) groups is 1. The highest BCUT2D eigenvalue weighted by Crippen LogP contribution is 2.19. The average molecular weight is 276 g/mol. The number of rotatable bonds is 6. The van der Waals surface area contributed by atoms with Crippen molar-refractivity contribution in [1.82, 2.24) is 20.3 Å². The molecule has 106 valence electrons. The van der Waals surface area contributed by atoms with E-state index in [2.05, 4.69) is 15.4 Å². The van der Waals surface area contributed by atoms with Crippen LogP contribution in [-0.2, 0) is 6.54 Å². The highest BCUT2D eigenvalue weighted by molar-refractivity contribution is 5.91. The molecule has 0 spiro atoms. The maximum absolute atomic E-state index is 12.3. The van der Waals surface area contributed by atoms with E-state index in [1.807, 2.05) is 24.3 Å². The fourth-order valence-corrected chi connectivity index (χ4v) is 1.88. The zero-order valence-corrected chi connectivity index (χ0v) is 11.1. The number of nitrogens with zero attached hydrogens (tertiary/aromatic N) is 3. The van der Waals surface area contributed by atoms with E-state index in [4.69, 9.17) is 9.84 Å². The van der Waals surface area contributed by atoms with Crippen molar-refractivity contribution in [3.8, 4) is 5.75 Å². The fraction of sp³-hybridized carbons (Fsp3) is 0.308. The van der Waals surface area contributed by atoms with Crippen LogP contribution >= 0.6 is 0 Å². The molecule has 1 aromatic heterocycles. The lowest BCUT2D eigenvalue weighted by molar-refractivity contribution is 0.0700. The first-order chi connectivity index (χ1) is 9.76. The van der Waals surface area contributed by atoms with Crippen LogP contribution in [0.5, 0.6) is 5.75 Å². The Bertz CT molecular complexity index is 557. The molecule has 0 aliphatic rings. The molecule has 2 N–H and O–H groups in total. The summed E-state index contributed by atoms with van der Waals surface area (Å²) in [6.45, 7) is 0.415. The number of aromatic nitrogens is 3. The summed E-state index contributed by atoms with van der Waals surface area (Å²) in [5.41, 5.74) is 1.08. The van der Waals surface area contributed by atoms with E-state index >= 15 is 0 Å². The number of hydrogen-bond acceptors (Lipinski definition) is 5. The molecule has 0 unspecified atom stereocenters. The summed E-state index contributed by atoms with van der Waals surface area (Å²) < 4.78 is 5.26. The van der Waals surface area contributed by atoms with E-state index in [1.54, 1.807) is 7.11 Å². The Morgan fingerprint density at radius 3 is 2.90 bits per heavy atom. The van der Waals surface area contributed by atoms with Crippen molar-refractivity contribution in [2.45, 2.75) is 6.54 Å². The molecule has 1 aromatic carbocycles. The number of amides is 1. The number of carbonyl (C=O) groups excluding carboxylic acids is 1. The van der Waals surface area contributed by atoms with E-state index in [1.165, 1.54) is 11.1 Å². The predicted octanol–water partition coefficient (Wildman–Crippen LogP) is 0.448. The third kappa shape index (κ3) is 3.12. The van der Waals surface area contributed by atoms with E-state index in [-0.39, 0.29) is 24.8 Å². The van der Waals surface area contributed by atoms with Gasteiger partial charge in [0.1, 0.15) is 5.75 Å². The number of hydrogen-bond donors (Lipinski definition) is 2. The monoisotopic (exact) mass is 276 g/mol. The van der Waals surface area contributed by atoms with Gasteiger partial charge in [-0.3, -0.25) is 4.79 Å². The van der Waals surface area contributed by atoms with Crippen LogP contribution in [0.3, 0.4) is 0 Å². The molecule has 7 nitrogen and oxygen atoms in total. The number of aromatic amines is 1. The molecule has 0 saturated carbocycles. The van der Waals surface area contributed by atoms with E-state index < -0.39 is 0 Å². The minimum Gasteiger partial charge on any atom is -0.496 e. The molecule has 2 aromatic rings. The summed E-state index contributed by atoms with van der Waals surface area (Å²) in [4.78, 5) is 13.7. The Kier molecular flexibility index (Phi) is 4.67. The van der Waals surface area contributed by atoms with Crippen molar-refractivity contribution in [3.05, 3.63) is 41.7 Å². The van der Waals surface area contributed by atoms with Crippen molar-refractivity contribution >= 4 is 5.91 Å². The topological polar surface area (TPSA) is 91.3 Å². The summed E-state index contributed by atoms with van der Waals surface area (Å²) in [5, 5.41) is 18.9. The van der Waals surface area contributed by atoms with Crippen molar-refractivity contribution < 1.29 is 14.6 Å². The smallest absolute Gasteiger partial charge is 0.276 e. The lowest BCUT2D eigenvalue weighted by Crippen LogP contribution is -2.33. The summed E-state index contributed by atoms with van der Waals surface area (Å²) in [6, 6.07) is 7.43. The number of aliphatic hydroxyl groups excluding tert-OH is 1. The van der Waals surface area contributed by atoms with Gasteiger partial charge >= 0.3 is 0 Å². The predicted molar refractivity (Wildman–Crippen MR) is 71.2 cm³/mol. The number of nitrogens with one attached hydrogen (secondary N) is 1. The zero-order chi connectivity index (χ0) is 14.4. The van der Waals surface area contributed by atoms with Crippen LogP contribution in [0.25, 0.3) is 0 Å². The molecule has 1 heterocycles. The van der Waals surface area contributed by atoms with Gasteiger partial charge in [-0.1, -0.05) is 18.2 Å². The van der Waals surface area contributed by atoms with Crippen molar-refractivity contribution in [1.29, 1.82) is 0 Å². The van der Waals surface area contributed by atoms with Crippen LogP contribution in [0.4, 0.5) is 0 Å². The molecule has 0 saturated heterocycles. The Balaban J connectivity index is 2.19. The maximum Gasteiger partial charge on any atom is 0.276 e. The molecule has 0 radical (unpaired) electrons. The zero-order valence-electron chi connectivity index (χ0n) is 11.1. The molecule has 0 fully saturated rings. The number of H-pyrrole nitrogens is 1. The van der Waals surface area contributed by atoms with Crippen LogP contribution in [0, 0.1) is 0 Å². The minimum absolute atomic E-state index is 0.126. The van der Waals surface area contributed by atoms with Gasteiger partial charge < -0.3 is 14.7 Å². The van der Waals surface area contributed by atoms with Gasteiger partial charge in [-0.05, 0) is 6.07 Å². The lowest BCUT2D eigenvalue weighted by Gasteiger charge is -2.21. The quantitative estimate of drug-likeness (QED) is 0.799. The summed E-state index contributed by atoms with van der Waals surface area (Å²) in [5.74, 6) is 0.405. The Morgan fingerprint density at radius 2 is 2.25 bits per heavy atom. The number of para-hydroxylation sites is 1. The Morgan fingerprint density at radius 1 is 1.45 bits per heavy atom. The third-order valence-electron chi connectivity index (χ3n) is 2.84. The van der Waals surface area contributed by atoms with Gasteiger partial charge in [-0.15, -0.1) is 0 Å². The molecular formula is C13H16N4O3. The first kappa shape index (κ1) is 14.0. The molecule has 20 heavy (non-hydrogen) atoms. The number of ether oxygens (including phenoxy) is 1. The lowest BCUT2D eigenvalue weighted by atomic mass is 10.2. The number of benzene rings is 1. The summed E-state index contributed by atoms with van der Waals surface area (Å²) in [7, 11) is 1.58. The Labute approximate surface area is 116 Å². The van der Waals surface area contributed by atoms with Crippen LogP contribution in [0.15, 0.2) is 30.5 Å². The highest BCUT2D eigenvalue weighted by Gasteiger charge is 2.19. The standard InChI is InChI=1S/C13H16N4O3/c1-20-12-5-3-2-4-10(12)9-17(6-7-18)13(19)11-8-14-16-15-11/h2-5,8,18H,6-7,9H2,1H3,(H,14,15,16). The maximum atomic E-state index is 12.3. The minimum atomic E-state index is -0.293. The molecule has 2 rings (SSSR count). The van der Waals surface area contributed by atoms with Crippen LogP contribution in [0.2, 0.25) is 0 Å². The highest BCUT2D eigenvalue weighted by atomic mass is 16.5.